The minimum atomic E-state index is -0.429. The lowest BCUT2D eigenvalue weighted by Crippen LogP contribution is -2.08. The number of hydrogen-bond acceptors (Lipinski definition) is 4. The second-order valence-corrected chi connectivity index (χ2v) is 6.38. The van der Waals surface area contributed by atoms with Crippen LogP contribution in [0.25, 0.3) is 27.8 Å². The molecule has 7 heteroatoms. The van der Waals surface area contributed by atoms with Gasteiger partial charge >= 0.3 is 0 Å². The lowest BCUT2D eigenvalue weighted by molar-refractivity contribution is -0.384. The molecule has 4 aromatic rings. The van der Waals surface area contributed by atoms with Gasteiger partial charge in [0.1, 0.15) is 11.3 Å². The summed E-state index contributed by atoms with van der Waals surface area (Å²) in [5, 5.41) is 11.0. The third-order valence-corrected chi connectivity index (χ3v) is 4.85. The van der Waals surface area contributed by atoms with Gasteiger partial charge in [0.15, 0.2) is 0 Å². The van der Waals surface area contributed by atoms with Crippen LogP contribution < -0.4 is 10.3 Å². The number of nitrogens with zero attached hydrogens (tertiary/aromatic N) is 2. The molecule has 2 heterocycles. The summed E-state index contributed by atoms with van der Waals surface area (Å²) >= 11 is 0. The maximum Gasteiger partial charge on any atom is 0.272 e. The molecule has 0 aliphatic rings. The summed E-state index contributed by atoms with van der Waals surface area (Å²) < 4.78 is 7.08. The first-order valence-electron chi connectivity index (χ1n) is 9.63. The fourth-order valence-corrected chi connectivity index (χ4v) is 3.51. The molecule has 0 fully saturated rings. The average molecular weight is 405 g/mol. The number of H-pyrrole nitrogens is 1. The van der Waals surface area contributed by atoms with Gasteiger partial charge in [-0.15, -0.1) is 0 Å². The molecule has 0 bridgehead atoms. The molecule has 30 heavy (non-hydrogen) atoms. The Morgan fingerprint density at radius 1 is 0.967 bits per heavy atom. The number of ether oxygens (including phenoxy) is 1. The van der Waals surface area contributed by atoms with Crippen LogP contribution in [0.5, 0.6) is 5.75 Å². The van der Waals surface area contributed by atoms with Crippen molar-refractivity contribution in [1.82, 2.24) is 9.38 Å². The minimum absolute atomic E-state index is 0.0222. The Morgan fingerprint density at radius 3 is 2.10 bits per heavy atom. The van der Waals surface area contributed by atoms with Crippen molar-refractivity contribution >= 4 is 11.2 Å². The maximum absolute atomic E-state index is 12.6. The minimum Gasteiger partial charge on any atom is -0.497 e. The van der Waals surface area contributed by atoms with Crippen molar-refractivity contribution in [3.8, 4) is 28.0 Å². The van der Waals surface area contributed by atoms with Gasteiger partial charge in [-0.2, -0.15) is 0 Å². The third-order valence-electron chi connectivity index (χ3n) is 4.85. The number of benzene rings is 2. The van der Waals surface area contributed by atoms with E-state index in [9.17, 15) is 14.9 Å². The van der Waals surface area contributed by atoms with E-state index in [2.05, 4.69) is 4.98 Å². The molecule has 7 nitrogen and oxygen atoms in total. The van der Waals surface area contributed by atoms with Crippen LogP contribution in [0.3, 0.4) is 0 Å². The zero-order valence-corrected chi connectivity index (χ0v) is 17.3. The number of nitro groups is 1. The fraction of sp³-hybridized carbons (Fsp3) is 0.174. The highest BCUT2D eigenvalue weighted by Crippen LogP contribution is 2.39. The van der Waals surface area contributed by atoms with Gasteiger partial charge in [-0.25, -0.2) is 0 Å². The van der Waals surface area contributed by atoms with E-state index < -0.39 is 4.92 Å². The number of rotatable bonds is 4. The molecule has 0 saturated heterocycles. The molecule has 0 amide bonds. The number of aromatic amines is 1. The average Bonchev–Trinajstić information content (AvgIpc) is 3.09. The molecular weight excluding hydrogens is 382 g/mol. The number of nitrogens with one attached hydrogen (secondary N) is 1. The molecule has 0 aliphatic heterocycles. The van der Waals surface area contributed by atoms with Crippen LogP contribution in [0.15, 0.2) is 65.7 Å². The third kappa shape index (κ3) is 3.57. The van der Waals surface area contributed by atoms with E-state index in [-0.39, 0.29) is 11.2 Å². The number of non-ortho nitro benzene ring substituents is 1. The van der Waals surface area contributed by atoms with Crippen molar-refractivity contribution in [2.45, 2.75) is 20.8 Å². The molecule has 0 aliphatic carbocycles. The molecule has 0 unspecified atom stereocenters. The molecular formula is C23H23N3O4. The van der Waals surface area contributed by atoms with Gasteiger partial charge in [-0.1, -0.05) is 26.0 Å². The van der Waals surface area contributed by atoms with Crippen molar-refractivity contribution in [1.29, 1.82) is 0 Å². The Morgan fingerprint density at radius 2 is 1.53 bits per heavy atom. The van der Waals surface area contributed by atoms with E-state index in [0.29, 0.717) is 5.52 Å². The van der Waals surface area contributed by atoms with Gasteiger partial charge in [-0.3, -0.25) is 14.9 Å². The van der Waals surface area contributed by atoms with Crippen LogP contribution >= 0.6 is 0 Å². The van der Waals surface area contributed by atoms with Gasteiger partial charge in [0.05, 0.1) is 12.0 Å². The maximum atomic E-state index is 12.6. The van der Waals surface area contributed by atoms with Crippen LogP contribution in [0.4, 0.5) is 5.69 Å². The first-order valence-corrected chi connectivity index (χ1v) is 9.63. The number of hydrogen-bond donors (Lipinski definition) is 1. The van der Waals surface area contributed by atoms with Crippen LogP contribution in [0, 0.1) is 17.0 Å². The van der Waals surface area contributed by atoms with Crippen LogP contribution in [-0.2, 0) is 0 Å². The second-order valence-electron chi connectivity index (χ2n) is 6.38. The van der Waals surface area contributed by atoms with Crippen molar-refractivity contribution in [3.63, 3.8) is 0 Å². The molecule has 0 spiro atoms. The number of aryl methyl sites for hydroxylation is 1. The quantitative estimate of drug-likeness (QED) is 0.373. The Kier molecular flexibility index (Phi) is 6.01. The lowest BCUT2D eigenvalue weighted by Gasteiger charge is -2.08. The molecule has 0 atom stereocenters. The van der Waals surface area contributed by atoms with Crippen LogP contribution in [0.1, 0.15) is 19.5 Å². The molecule has 154 valence electrons. The number of nitro benzene ring substituents is 1. The molecule has 0 radical (unpaired) electrons. The van der Waals surface area contributed by atoms with E-state index >= 15 is 0 Å². The van der Waals surface area contributed by atoms with Crippen LogP contribution in [0.2, 0.25) is 0 Å². The fourth-order valence-electron chi connectivity index (χ4n) is 3.51. The molecule has 4 rings (SSSR count). The summed E-state index contributed by atoms with van der Waals surface area (Å²) in [6.07, 6.45) is 3.40. The van der Waals surface area contributed by atoms with E-state index in [1.54, 1.807) is 31.6 Å². The summed E-state index contributed by atoms with van der Waals surface area (Å²) in [5.41, 5.74) is 4.51. The first kappa shape index (κ1) is 20.9. The smallest absolute Gasteiger partial charge is 0.272 e. The van der Waals surface area contributed by atoms with Crippen molar-refractivity contribution in [2.75, 3.05) is 7.11 Å². The van der Waals surface area contributed by atoms with Crippen molar-refractivity contribution in [3.05, 3.63) is 87.1 Å². The Hall–Kier alpha value is -3.87. The molecule has 2 aromatic heterocycles. The second kappa shape index (κ2) is 8.65. The highest BCUT2D eigenvalue weighted by Gasteiger charge is 2.21. The van der Waals surface area contributed by atoms with E-state index in [0.717, 1.165) is 33.7 Å². The standard InChI is InChI=1S/C21H17N3O4.C2H6/c1-13-18(14-3-7-16(8-4-14)24(26)27)19(15-5-9-17(28-2)10-6-15)20-21(25)22-11-12-23(13)20;1-2/h3-12H,1-2H3,(H,22,25);1-2H3. The van der Waals surface area contributed by atoms with Gasteiger partial charge < -0.3 is 14.1 Å². The zero-order chi connectivity index (χ0) is 21.8. The van der Waals surface area contributed by atoms with Gasteiger partial charge in [-0.05, 0) is 42.3 Å². The monoisotopic (exact) mass is 405 g/mol. The number of aromatic nitrogens is 2. The molecule has 0 saturated carbocycles. The normalized spacial score (nSPS) is 10.4. The first-order chi connectivity index (χ1) is 14.5. The van der Waals surface area contributed by atoms with Crippen molar-refractivity contribution in [2.24, 2.45) is 0 Å². The highest BCUT2D eigenvalue weighted by molar-refractivity contribution is 5.96. The lowest BCUT2D eigenvalue weighted by atomic mass is 9.95. The zero-order valence-electron chi connectivity index (χ0n) is 17.3. The Labute approximate surface area is 173 Å². The highest BCUT2D eigenvalue weighted by atomic mass is 16.6. The van der Waals surface area contributed by atoms with E-state index in [1.165, 1.54) is 12.1 Å². The van der Waals surface area contributed by atoms with E-state index in [4.69, 9.17) is 4.74 Å². The summed E-state index contributed by atoms with van der Waals surface area (Å²) in [7, 11) is 1.60. The molecule has 1 N–H and O–H groups in total. The van der Waals surface area contributed by atoms with Gasteiger partial charge in [0.2, 0.25) is 0 Å². The summed E-state index contributed by atoms with van der Waals surface area (Å²) in [4.78, 5) is 25.9. The predicted molar refractivity (Wildman–Crippen MR) is 118 cm³/mol. The summed E-state index contributed by atoms with van der Waals surface area (Å²) in [6.45, 7) is 5.93. The SMILES string of the molecule is CC.COc1ccc(-c2c(-c3ccc([N+](=O)[O-])cc3)c(C)n3cc[nH]c(=O)c23)cc1. The van der Waals surface area contributed by atoms with Gasteiger partial charge in [0, 0.05) is 41.3 Å². The van der Waals surface area contributed by atoms with Crippen molar-refractivity contribution < 1.29 is 9.66 Å². The summed E-state index contributed by atoms with van der Waals surface area (Å²) in [5.74, 6) is 0.717. The topological polar surface area (TPSA) is 89.6 Å². The Bertz CT molecular complexity index is 1240. The number of fused-ring (bicyclic) bond motifs is 1. The predicted octanol–water partition coefficient (Wildman–Crippen LogP) is 5.21. The van der Waals surface area contributed by atoms with E-state index in [1.807, 2.05) is 49.4 Å². The number of methoxy groups -OCH3 is 1. The van der Waals surface area contributed by atoms with Crippen LogP contribution in [-0.4, -0.2) is 21.4 Å². The largest absolute Gasteiger partial charge is 0.497 e. The Balaban J connectivity index is 0.00000124. The molecule has 2 aromatic carbocycles. The summed E-state index contributed by atoms with van der Waals surface area (Å²) in [6, 6.07) is 13.8. The van der Waals surface area contributed by atoms with Gasteiger partial charge in [0.25, 0.3) is 11.2 Å².